The summed E-state index contributed by atoms with van der Waals surface area (Å²) in [5.74, 6) is -0.108. The molecule has 0 radical (unpaired) electrons. The van der Waals surface area contributed by atoms with Gasteiger partial charge in [0, 0.05) is 25.7 Å². The van der Waals surface area contributed by atoms with Crippen molar-refractivity contribution in [3.8, 4) is 11.3 Å². The average Bonchev–Trinajstić information content (AvgIpc) is 3.13. The number of aryl methyl sites for hydroxylation is 2. The number of anilines is 2. The first-order chi connectivity index (χ1) is 15.1. The predicted octanol–water partition coefficient (Wildman–Crippen LogP) is 4.15. The second-order valence-electron chi connectivity index (χ2n) is 7.37. The van der Waals surface area contributed by atoms with E-state index in [2.05, 4.69) is 20.3 Å². The zero-order valence-corrected chi connectivity index (χ0v) is 19.6. The summed E-state index contributed by atoms with van der Waals surface area (Å²) in [5.41, 5.74) is 3.78. The zero-order chi connectivity index (χ0) is 23.0. The van der Waals surface area contributed by atoms with Crippen molar-refractivity contribution < 1.29 is 13.2 Å². The van der Waals surface area contributed by atoms with Gasteiger partial charge in [-0.3, -0.25) is 4.79 Å². The van der Waals surface area contributed by atoms with Crippen LogP contribution in [0, 0.1) is 13.8 Å². The van der Waals surface area contributed by atoms with Crippen LogP contribution in [0.25, 0.3) is 21.5 Å². The fourth-order valence-corrected chi connectivity index (χ4v) is 5.55. The van der Waals surface area contributed by atoms with E-state index in [4.69, 9.17) is 0 Å². The Morgan fingerprint density at radius 2 is 1.84 bits per heavy atom. The molecule has 0 aliphatic heterocycles. The maximum atomic E-state index is 13.2. The van der Waals surface area contributed by atoms with E-state index in [9.17, 15) is 13.2 Å². The predicted molar refractivity (Wildman–Crippen MR) is 126 cm³/mol. The average molecular weight is 468 g/mol. The second-order valence-corrected chi connectivity index (χ2v) is 10.3. The number of nitrogens with zero attached hydrogens (tertiary/aromatic N) is 4. The van der Waals surface area contributed by atoms with E-state index in [1.807, 2.05) is 31.2 Å². The van der Waals surface area contributed by atoms with E-state index < -0.39 is 10.0 Å². The van der Waals surface area contributed by atoms with Crippen molar-refractivity contribution in [1.82, 2.24) is 15.0 Å². The van der Waals surface area contributed by atoms with Gasteiger partial charge in [0.2, 0.25) is 11.9 Å². The molecule has 0 fully saturated rings. The minimum atomic E-state index is -3.82. The lowest BCUT2D eigenvalue weighted by molar-refractivity contribution is -0.114. The number of carbonyl (C=O) groups is 1. The molecule has 4 aromatic rings. The molecule has 2 aromatic heterocycles. The van der Waals surface area contributed by atoms with Gasteiger partial charge in [-0.1, -0.05) is 35.1 Å². The van der Waals surface area contributed by atoms with Gasteiger partial charge in [0.05, 0.1) is 20.8 Å². The van der Waals surface area contributed by atoms with Crippen LogP contribution in [0.4, 0.5) is 11.1 Å². The van der Waals surface area contributed by atoms with Crippen molar-refractivity contribution >= 4 is 48.6 Å². The van der Waals surface area contributed by atoms with Gasteiger partial charge in [0.15, 0.2) is 5.13 Å². The number of fused-ring (bicyclic) bond motifs is 1. The molecular formula is C22H21N5O3S2. The highest BCUT2D eigenvalue weighted by atomic mass is 32.2. The molecule has 0 atom stereocenters. The lowest BCUT2D eigenvalue weighted by Crippen LogP contribution is -2.29. The summed E-state index contributed by atoms with van der Waals surface area (Å²) in [6.07, 6.45) is 1.53. The number of aromatic nitrogens is 3. The van der Waals surface area contributed by atoms with Gasteiger partial charge in [-0.2, -0.15) is 0 Å². The third-order valence-electron chi connectivity index (χ3n) is 4.86. The topological polar surface area (TPSA) is 105 Å². The fraction of sp³-hybridized carbons (Fsp3) is 0.182. The Bertz CT molecular complexity index is 1450. The van der Waals surface area contributed by atoms with Crippen LogP contribution in [-0.4, -0.2) is 36.3 Å². The van der Waals surface area contributed by atoms with E-state index in [1.54, 1.807) is 25.1 Å². The smallest absolute Gasteiger partial charge is 0.266 e. The zero-order valence-electron chi connectivity index (χ0n) is 17.9. The molecule has 1 N–H and O–H groups in total. The van der Waals surface area contributed by atoms with Crippen molar-refractivity contribution in [2.75, 3.05) is 16.7 Å². The summed E-state index contributed by atoms with van der Waals surface area (Å²) in [6, 6.07) is 12.5. The first-order valence-electron chi connectivity index (χ1n) is 9.73. The summed E-state index contributed by atoms with van der Waals surface area (Å²) in [4.78, 5) is 24.6. The summed E-state index contributed by atoms with van der Waals surface area (Å²) < 4.78 is 28.3. The first-order valence-corrected chi connectivity index (χ1v) is 12.0. The number of hydrogen-bond donors (Lipinski definition) is 1. The Morgan fingerprint density at radius 3 is 2.56 bits per heavy atom. The lowest BCUT2D eigenvalue weighted by atomic mass is 10.1. The van der Waals surface area contributed by atoms with E-state index in [-0.39, 0.29) is 16.8 Å². The Labute approximate surface area is 190 Å². The monoisotopic (exact) mass is 467 g/mol. The minimum absolute atomic E-state index is 0.0748. The molecule has 2 heterocycles. The summed E-state index contributed by atoms with van der Waals surface area (Å²) in [7, 11) is -2.38. The lowest BCUT2D eigenvalue weighted by Gasteiger charge is -2.19. The van der Waals surface area contributed by atoms with Crippen LogP contribution in [0.1, 0.15) is 18.1 Å². The van der Waals surface area contributed by atoms with Crippen LogP contribution >= 0.6 is 11.3 Å². The summed E-state index contributed by atoms with van der Waals surface area (Å²) >= 11 is 1.36. The van der Waals surface area contributed by atoms with Crippen LogP contribution in [0.3, 0.4) is 0 Å². The molecular weight excluding hydrogens is 446 g/mol. The third-order valence-corrected chi connectivity index (χ3v) is 7.69. The molecule has 0 unspecified atom stereocenters. The number of benzene rings is 2. The second kappa shape index (κ2) is 8.29. The molecule has 2 aromatic carbocycles. The molecule has 32 heavy (non-hydrogen) atoms. The van der Waals surface area contributed by atoms with Gasteiger partial charge in [0.1, 0.15) is 0 Å². The Balaban J connectivity index is 1.69. The van der Waals surface area contributed by atoms with Crippen LogP contribution in [0.15, 0.2) is 53.6 Å². The van der Waals surface area contributed by atoms with Gasteiger partial charge in [-0.25, -0.2) is 27.7 Å². The van der Waals surface area contributed by atoms with Gasteiger partial charge in [-0.15, -0.1) is 0 Å². The molecule has 164 valence electrons. The van der Waals surface area contributed by atoms with Crippen molar-refractivity contribution in [1.29, 1.82) is 0 Å². The van der Waals surface area contributed by atoms with E-state index in [0.717, 1.165) is 25.6 Å². The fourth-order valence-electron chi connectivity index (χ4n) is 3.29. The molecule has 0 saturated carbocycles. The van der Waals surface area contributed by atoms with Crippen LogP contribution in [0.2, 0.25) is 0 Å². The Hall–Kier alpha value is -3.37. The Kier molecular flexibility index (Phi) is 5.66. The minimum Gasteiger partial charge on any atom is -0.302 e. The normalized spacial score (nSPS) is 11.5. The van der Waals surface area contributed by atoms with Gasteiger partial charge in [-0.05, 0) is 43.7 Å². The number of rotatable bonds is 5. The summed E-state index contributed by atoms with van der Waals surface area (Å²) in [5, 5.41) is 3.21. The molecule has 4 rings (SSSR count). The van der Waals surface area contributed by atoms with Crippen molar-refractivity contribution in [3.63, 3.8) is 0 Å². The molecule has 0 saturated heterocycles. The van der Waals surface area contributed by atoms with Crippen molar-refractivity contribution in [2.45, 2.75) is 25.7 Å². The number of sulfonamides is 1. The molecule has 10 heteroatoms. The standard InChI is InChI=1S/C22H21N5O3S2/c1-13-5-8-20(14(2)11-13)32(29,30)27(4)21-23-10-9-17(25-21)16-6-7-18-19(12-16)31-22(26-18)24-15(3)28/h5-12H,1-4H3,(H,24,26,28). The summed E-state index contributed by atoms with van der Waals surface area (Å²) in [6.45, 7) is 5.12. The maximum Gasteiger partial charge on any atom is 0.266 e. The first kappa shape index (κ1) is 21.8. The van der Waals surface area contributed by atoms with Crippen molar-refractivity contribution in [3.05, 3.63) is 59.8 Å². The van der Waals surface area contributed by atoms with Gasteiger partial charge >= 0.3 is 0 Å². The van der Waals surface area contributed by atoms with Crippen molar-refractivity contribution in [2.24, 2.45) is 0 Å². The highest BCUT2D eigenvalue weighted by Crippen LogP contribution is 2.31. The van der Waals surface area contributed by atoms with Crippen LogP contribution < -0.4 is 9.62 Å². The molecule has 0 aliphatic carbocycles. The highest BCUT2D eigenvalue weighted by Gasteiger charge is 2.25. The highest BCUT2D eigenvalue weighted by molar-refractivity contribution is 7.92. The van der Waals surface area contributed by atoms with Crippen LogP contribution in [0.5, 0.6) is 0 Å². The Morgan fingerprint density at radius 1 is 1.06 bits per heavy atom. The molecule has 0 aliphatic rings. The van der Waals surface area contributed by atoms with Gasteiger partial charge in [0.25, 0.3) is 10.0 Å². The van der Waals surface area contributed by atoms with E-state index in [1.165, 1.54) is 31.5 Å². The third kappa shape index (κ3) is 4.19. The van der Waals surface area contributed by atoms with E-state index in [0.29, 0.717) is 16.4 Å². The number of carbonyl (C=O) groups excluding carboxylic acids is 1. The van der Waals surface area contributed by atoms with Crippen LogP contribution in [-0.2, 0) is 14.8 Å². The molecule has 0 spiro atoms. The molecule has 0 bridgehead atoms. The number of thiazole rings is 1. The molecule has 8 nitrogen and oxygen atoms in total. The quantitative estimate of drug-likeness (QED) is 0.473. The molecule has 1 amide bonds. The number of nitrogens with one attached hydrogen (secondary N) is 1. The van der Waals surface area contributed by atoms with Gasteiger partial charge < -0.3 is 5.32 Å². The number of hydrogen-bond acceptors (Lipinski definition) is 7. The SMILES string of the molecule is CC(=O)Nc1nc2ccc(-c3ccnc(N(C)S(=O)(=O)c4ccc(C)cc4C)n3)cc2s1. The number of amides is 1. The van der Waals surface area contributed by atoms with E-state index >= 15 is 0 Å². The maximum absolute atomic E-state index is 13.2. The largest absolute Gasteiger partial charge is 0.302 e.